The molecule has 1 heterocycles. The quantitative estimate of drug-likeness (QED) is 0.189. The number of carbonyl (C=O) groups is 5. The number of nitrogens with one attached hydrogen (secondary N) is 4. The first-order valence-corrected chi connectivity index (χ1v) is 11.2. The molecule has 35 heavy (non-hydrogen) atoms. The number of para-hydroxylation sites is 1. The molecule has 0 aliphatic heterocycles. The molecule has 0 saturated heterocycles. The van der Waals surface area contributed by atoms with E-state index >= 15 is 0 Å². The number of amides is 4. The highest BCUT2D eigenvalue weighted by Gasteiger charge is 2.28. The smallest absolute Gasteiger partial charge is 0.326 e. The number of hydrogen-bond donors (Lipinski definition) is 7. The van der Waals surface area contributed by atoms with Crippen molar-refractivity contribution in [2.24, 2.45) is 17.4 Å². The Morgan fingerprint density at radius 2 is 1.71 bits per heavy atom. The van der Waals surface area contributed by atoms with Crippen LogP contribution in [0.1, 0.15) is 32.3 Å². The summed E-state index contributed by atoms with van der Waals surface area (Å²) < 4.78 is 0. The highest BCUT2D eigenvalue weighted by Crippen LogP contribution is 2.19. The molecule has 1 aromatic carbocycles. The van der Waals surface area contributed by atoms with E-state index in [0.717, 1.165) is 16.5 Å². The minimum absolute atomic E-state index is 0.00141. The zero-order chi connectivity index (χ0) is 26.1. The number of carboxylic acid groups (broad SMARTS) is 1. The summed E-state index contributed by atoms with van der Waals surface area (Å²) in [7, 11) is 0. The van der Waals surface area contributed by atoms with E-state index in [9.17, 15) is 29.1 Å². The summed E-state index contributed by atoms with van der Waals surface area (Å²) in [5.41, 5.74) is 12.1. The summed E-state index contributed by atoms with van der Waals surface area (Å²) in [6.07, 6.45) is 1.61. The molecule has 2 rings (SSSR count). The van der Waals surface area contributed by atoms with Gasteiger partial charge in [-0.05, 0) is 24.0 Å². The molecule has 0 bridgehead atoms. The Morgan fingerprint density at radius 1 is 1.03 bits per heavy atom. The van der Waals surface area contributed by atoms with Gasteiger partial charge in [-0.2, -0.15) is 0 Å². The van der Waals surface area contributed by atoms with Crippen molar-refractivity contribution in [1.82, 2.24) is 20.9 Å². The maximum atomic E-state index is 12.9. The van der Waals surface area contributed by atoms with Crippen LogP contribution in [0.5, 0.6) is 0 Å². The van der Waals surface area contributed by atoms with Crippen LogP contribution in [-0.4, -0.2) is 64.4 Å². The number of primary amides is 1. The van der Waals surface area contributed by atoms with E-state index in [-0.39, 0.29) is 25.2 Å². The third-order valence-electron chi connectivity index (χ3n) is 5.25. The fourth-order valence-corrected chi connectivity index (χ4v) is 3.55. The van der Waals surface area contributed by atoms with Gasteiger partial charge in [0.2, 0.25) is 23.6 Å². The van der Waals surface area contributed by atoms with Gasteiger partial charge >= 0.3 is 5.97 Å². The third kappa shape index (κ3) is 8.41. The van der Waals surface area contributed by atoms with Crippen LogP contribution in [0.15, 0.2) is 30.5 Å². The molecule has 0 saturated carbocycles. The molecule has 1 aromatic heterocycles. The maximum absolute atomic E-state index is 12.9. The normalized spacial score (nSPS) is 13.6. The summed E-state index contributed by atoms with van der Waals surface area (Å²) in [5.74, 6) is -4.04. The van der Waals surface area contributed by atoms with Crippen molar-refractivity contribution in [1.29, 1.82) is 0 Å². The van der Waals surface area contributed by atoms with Crippen LogP contribution in [0.2, 0.25) is 0 Å². The lowest BCUT2D eigenvalue weighted by molar-refractivity contribution is -0.142. The molecule has 9 N–H and O–H groups in total. The Kier molecular flexibility index (Phi) is 9.76. The zero-order valence-electron chi connectivity index (χ0n) is 19.7. The van der Waals surface area contributed by atoms with Gasteiger partial charge in [0.1, 0.15) is 12.1 Å². The fraction of sp³-hybridized carbons (Fsp3) is 0.435. The van der Waals surface area contributed by atoms with Crippen LogP contribution in [0.3, 0.4) is 0 Å². The Labute approximate surface area is 202 Å². The molecule has 3 unspecified atom stereocenters. The molecule has 190 valence electrons. The fourth-order valence-electron chi connectivity index (χ4n) is 3.55. The van der Waals surface area contributed by atoms with Crippen LogP contribution in [0.4, 0.5) is 0 Å². The molecule has 0 aliphatic rings. The van der Waals surface area contributed by atoms with Crippen LogP contribution in [-0.2, 0) is 30.4 Å². The molecule has 12 nitrogen and oxygen atoms in total. The number of fused-ring (bicyclic) bond motifs is 1. The number of H-pyrrole nitrogens is 1. The van der Waals surface area contributed by atoms with Crippen LogP contribution in [0, 0.1) is 5.92 Å². The van der Waals surface area contributed by atoms with Crippen LogP contribution in [0.25, 0.3) is 10.9 Å². The number of aliphatic carboxylic acids is 1. The summed E-state index contributed by atoms with van der Waals surface area (Å²) >= 11 is 0. The molecule has 2 aromatic rings. The number of carbonyl (C=O) groups excluding carboxylic acids is 4. The molecule has 3 atom stereocenters. The number of rotatable bonds is 13. The highest BCUT2D eigenvalue weighted by atomic mass is 16.4. The average Bonchev–Trinajstić information content (AvgIpc) is 3.18. The lowest BCUT2D eigenvalue weighted by atomic mass is 10.0. The van der Waals surface area contributed by atoms with Gasteiger partial charge in [-0.15, -0.1) is 0 Å². The largest absolute Gasteiger partial charge is 0.480 e. The van der Waals surface area contributed by atoms with E-state index in [1.807, 2.05) is 38.1 Å². The van der Waals surface area contributed by atoms with Gasteiger partial charge < -0.3 is 37.5 Å². The zero-order valence-corrected chi connectivity index (χ0v) is 19.7. The molecule has 0 radical (unpaired) electrons. The number of carboxylic acids is 1. The van der Waals surface area contributed by atoms with E-state index in [2.05, 4.69) is 20.9 Å². The molecule has 0 aliphatic carbocycles. The van der Waals surface area contributed by atoms with Gasteiger partial charge in [0.25, 0.3) is 0 Å². The number of benzene rings is 1. The predicted molar refractivity (Wildman–Crippen MR) is 128 cm³/mol. The van der Waals surface area contributed by atoms with Crippen LogP contribution < -0.4 is 27.4 Å². The van der Waals surface area contributed by atoms with Crippen molar-refractivity contribution >= 4 is 40.5 Å². The van der Waals surface area contributed by atoms with E-state index in [0.29, 0.717) is 0 Å². The average molecular weight is 489 g/mol. The number of hydrogen-bond acceptors (Lipinski definition) is 6. The lowest BCUT2D eigenvalue weighted by Gasteiger charge is -2.23. The highest BCUT2D eigenvalue weighted by molar-refractivity contribution is 5.93. The molecular weight excluding hydrogens is 456 g/mol. The summed E-state index contributed by atoms with van der Waals surface area (Å²) in [4.78, 5) is 63.0. The second kappa shape index (κ2) is 12.5. The van der Waals surface area contributed by atoms with Crippen molar-refractivity contribution in [3.63, 3.8) is 0 Å². The van der Waals surface area contributed by atoms with Crippen LogP contribution >= 0.6 is 0 Å². The first-order valence-electron chi connectivity index (χ1n) is 11.2. The standard InChI is InChI=1S/C23H32N6O6/c1-12(2)7-17(28-20(31)11-27-21(32)15(24)9-19(25)30)22(33)29-18(23(34)35)8-13-10-26-16-6-4-3-5-14(13)16/h3-6,10,12,15,17-18,26H,7-9,11,24H2,1-2H3,(H2,25,30)(H,27,32)(H,28,31)(H,29,33)(H,34,35). The number of aromatic amines is 1. The van der Waals surface area contributed by atoms with Gasteiger partial charge in [-0.1, -0.05) is 32.0 Å². The minimum Gasteiger partial charge on any atom is -0.480 e. The van der Waals surface area contributed by atoms with Gasteiger partial charge in [0, 0.05) is 23.5 Å². The minimum atomic E-state index is -1.22. The Morgan fingerprint density at radius 3 is 2.34 bits per heavy atom. The number of aromatic nitrogens is 1. The number of nitrogens with two attached hydrogens (primary N) is 2. The van der Waals surface area contributed by atoms with Gasteiger partial charge in [0.15, 0.2) is 0 Å². The van der Waals surface area contributed by atoms with E-state index in [1.165, 1.54) is 0 Å². The first-order chi connectivity index (χ1) is 16.5. The summed E-state index contributed by atoms with van der Waals surface area (Å²) in [5, 5.41) is 17.9. The Hall–Kier alpha value is -3.93. The molecule has 0 fully saturated rings. The Balaban J connectivity index is 2.03. The van der Waals surface area contributed by atoms with E-state index in [1.54, 1.807) is 6.20 Å². The topological polar surface area (TPSA) is 209 Å². The SMILES string of the molecule is CC(C)CC(NC(=O)CNC(=O)C(N)CC(N)=O)C(=O)NC(Cc1c[nH]c2ccccc12)C(=O)O. The third-order valence-corrected chi connectivity index (χ3v) is 5.25. The monoisotopic (exact) mass is 488 g/mol. The lowest BCUT2D eigenvalue weighted by Crippen LogP contribution is -2.54. The van der Waals surface area contributed by atoms with Crippen molar-refractivity contribution in [2.45, 2.75) is 51.2 Å². The molecular formula is C23H32N6O6. The van der Waals surface area contributed by atoms with Gasteiger partial charge in [-0.3, -0.25) is 19.2 Å². The summed E-state index contributed by atoms with van der Waals surface area (Å²) in [6.45, 7) is 3.21. The van der Waals surface area contributed by atoms with Crippen molar-refractivity contribution < 1.29 is 29.1 Å². The van der Waals surface area contributed by atoms with Crippen molar-refractivity contribution in [3.05, 3.63) is 36.0 Å². The molecule has 4 amide bonds. The van der Waals surface area contributed by atoms with Gasteiger partial charge in [-0.25, -0.2) is 4.79 Å². The molecule has 12 heteroatoms. The Bertz CT molecular complexity index is 1080. The first kappa shape index (κ1) is 27.3. The predicted octanol–water partition coefficient (Wildman–Crippen LogP) is -0.870. The van der Waals surface area contributed by atoms with Crippen molar-refractivity contribution in [2.75, 3.05) is 6.54 Å². The second-order valence-electron chi connectivity index (χ2n) is 8.71. The summed E-state index contributed by atoms with van der Waals surface area (Å²) in [6, 6.07) is 3.96. The van der Waals surface area contributed by atoms with Gasteiger partial charge in [0.05, 0.1) is 19.0 Å². The second-order valence-corrected chi connectivity index (χ2v) is 8.71. The van der Waals surface area contributed by atoms with E-state index < -0.39 is 54.3 Å². The molecule has 0 spiro atoms. The maximum Gasteiger partial charge on any atom is 0.326 e. The van der Waals surface area contributed by atoms with E-state index in [4.69, 9.17) is 11.5 Å². The van der Waals surface area contributed by atoms with Crippen molar-refractivity contribution in [3.8, 4) is 0 Å².